The molecule has 0 amide bonds. The van der Waals surface area contributed by atoms with Crippen LogP contribution in [0.3, 0.4) is 0 Å². The van der Waals surface area contributed by atoms with Crippen LogP contribution >= 0.6 is 0 Å². The fourth-order valence-corrected chi connectivity index (χ4v) is 2.54. The average Bonchev–Trinajstić information content (AvgIpc) is 2.36. The molecule has 0 aliphatic carbocycles. The van der Waals surface area contributed by atoms with Crippen molar-refractivity contribution in [3.8, 4) is 0 Å². The molecule has 1 aromatic carbocycles. The van der Waals surface area contributed by atoms with Gasteiger partial charge in [-0.15, -0.1) is 0 Å². The van der Waals surface area contributed by atoms with E-state index < -0.39 is 0 Å². The largest absolute Gasteiger partial charge is 0.312 e. The third-order valence-corrected chi connectivity index (χ3v) is 3.61. The summed E-state index contributed by atoms with van der Waals surface area (Å²) in [5, 5.41) is 3.27. The SMILES string of the molecule is C=C(CCC)CCc1cc2c(cc1F)CNCC2. The number of benzene rings is 1. The molecule has 1 nitrogen and oxygen atoms in total. The molecule has 0 unspecified atom stereocenters. The van der Waals surface area contributed by atoms with Gasteiger partial charge in [-0.3, -0.25) is 0 Å². The molecule has 0 bridgehead atoms. The molecular formula is C16H22FN. The molecule has 0 radical (unpaired) electrons. The van der Waals surface area contributed by atoms with Gasteiger partial charge in [0.15, 0.2) is 0 Å². The minimum Gasteiger partial charge on any atom is -0.312 e. The zero-order chi connectivity index (χ0) is 13.0. The monoisotopic (exact) mass is 247 g/mol. The Labute approximate surface area is 109 Å². The van der Waals surface area contributed by atoms with Crippen LogP contribution in [0.2, 0.25) is 0 Å². The van der Waals surface area contributed by atoms with Gasteiger partial charge in [-0.05, 0) is 55.0 Å². The van der Waals surface area contributed by atoms with Gasteiger partial charge in [0.25, 0.3) is 0 Å². The van der Waals surface area contributed by atoms with Crippen molar-refractivity contribution < 1.29 is 4.39 Å². The molecule has 1 aliphatic rings. The molecule has 0 saturated heterocycles. The topological polar surface area (TPSA) is 12.0 Å². The van der Waals surface area contributed by atoms with Gasteiger partial charge in [0, 0.05) is 6.54 Å². The number of hydrogen-bond acceptors (Lipinski definition) is 1. The van der Waals surface area contributed by atoms with E-state index in [1.165, 1.54) is 11.1 Å². The van der Waals surface area contributed by atoms with Crippen molar-refractivity contribution in [1.29, 1.82) is 0 Å². The number of aryl methyl sites for hydroxylation is 1. The lowest BCUT2D eigenvalue weighted by Crippen LogP contribution is -2.24. The second-order valence-corrected chi connectivity index (χ2v) is 5.14. The lowest BCUT2D eigenvalue weighted by Gasteiger charge is -2.18. The van der Waals surface area contributed by atoms with Crippen LogP contribution in [-0.2, 0) is 19.4 Å². The molecular weight excluding hydrogens is 225 g/mol. The highest BCUT2D eigenvalue weighted by molar-refractivity contribution is 5.35. The van der Waals surface area contributed by atoms with Crippen molar-refractivity contribution in [2.75, 3.05) is 6.54 Å². The van der Waals surface area contributed by atoms with Gasteiger partial charge in [0.2, 0.25) is 0 Å². The van der Waals surface area contributed by atoms with Crippen LogP contribution in [0.15, 0.2) is 24.3 Å². The molecule has 1 N–H and O–H groups in total. The van der Waals surface area contributed by atoms with E-state index in [2.05, 4.69) is 24.9 Å². The van der Waals surface area contributed by atoms with Crippen LogP contribution in [0.25, 0.3) is 0 Å². The number of hydrogen-bond donors (Lipinski definition) is 1. The Hall–Kier alpha value is -1.15. The first-order valence-electron chi connectivity index (χ1n) is 6.88. The molecule has 0 fully saturated rings. The van der Waals surface area contributed by atoms with Crippen molar-refractivity contribution >= 4 is 0 Å². The first-order valence-corrected chi connectivity index (χ1v) is 6.88. The standard InChI is InChI=1S/C16H22FN/c1-3-4-12(2)5-6-14-9-13-7-8-18-11-15(13)10-16(14)17/h9-10,18H,2-8,11H2,1H3. The second kappa shape index (κ2) is 6.14. The molecule has 1 aromatic rings. The highest BCUT2D eigenvalue weighted by Gasteiger charge is 2.13. The van der Waals surface area contributed by atoms with Crippen molar-refractivity contribution in [3.63, 3.8) is 0 Å². The molecule has 0 spiro atoms. The van der Waals surface area contributed by atoms with Crippen LogP contribution in [-0.4, -0.2) is 6.54 Å². The van der Waals surface area contributed by atoms with Crippen molar-refractivity contribution in [3.05, 3.63) is 46.8 Å². The van der Waals surface area contributed by atoms with Crippen molar-refractivity contribution in [1.82, 2.24) is 5.32 Å². The second-order valence-electron chi connectivity index (χ2n) is 5.14. The number of rotatable bonds is 5. The van der Waals surface area contributed by atoms with E-state index in [1.807, 2.05) is 0 Å². The van der Waals surface area contributed by atoms with E-state index in [0.29, 0.717) is 0 Å². The first kappa shape index (κ1) is 13.3. The maximum atomic E-state index is 14.0. The number of nitrogens with one attached hydrogen (secondary N) is 1. The van der Waals surface area contributed by atoms with Gasteiger partial charge >= 0.3 is 0 Å². The Morgan fingerprint density at radius 2 is 2.17 bits per heavy atom. The van der Waals surface area contributed by atoms with Crippen LogP contribution in [0, 0.1) is 5.82 Å². The third kappa shape index (κ3) is 3.20. The molecule has 0 aromatic heterocycles. The summed E-state index contributed by atoms with van der Waals surface area (Å²) in [5.41, 5.74) is 4.52. The minimum absolute atomic E-state index is 0.0539. The minimum atomic E-state index is -0.0539. The van der Waals surface area contributed by atoms with Crippen LogP contribution < -0.4 is 5.32 Å². The maximum absolute atomic E-state index is 14.0. The van der Waals surface area contributed by atoms with E-state index >= 15 is 0 Å². The Balaban J connectivity index is 2.06. The fraction of sp³-hybridized carbons (Fsp3) is 0.500. The summed E-state index contributed by atoms with van der Waals surface area (Å²) >= 11 is 0. The van der Waals surface area contributed by atoms with Gasteiger partial charge in [-0.2, -0.15) is 0 Å². The molecule has 2 rings (SSSR count). The summed E-state index contributed by atoms with van der Waals surface area (Å²) in [7, 11) is 0. The normalized spacial score (nSPS) is 14.3. The van der Waals surface area contributed by atoms with Gasteiger partial charge in [0.05, 0.1) is 0 Å². The number of halogens is 1. The fourth-order valence-electron chi connectivity index (χ4n) is 2.54. The zero-order valence-corrected chi connectivity index (χ0v) is 11.2. The summed E-state index contributed by atoms with van der Waals surface area (Å²) in [4.78, 5) is 0. The van der Waals surface area contributed by atoms with Gasteiger partial charge < -0.3 is 5.32 Å². The quantitative estimate of drug-likeness (QED) is 0.781. The third-order valence-electron chi connectivity index (χ3n) is 3.61. The van der Waals surface area contributed by atoms with Crippen molar-refractivity contribution in [2.24, 2.45) is 0 Å². The highest BCUT2D eigenvalue weighted by Crippen LogP contribution is 2.21. The summed E-state index contributed by atoms with van der Waals surface area (Å²) in [6.07, 6.45) is 4.87. The summed E-state index contributed by atoms with van der Waals surface area (Å²) in [6, 6.07) is 3.77. The Morgan fingerprint density at radius 1 is 1.33 bits per heavy atom. The van der Waals surface area contributed by atoms with Crippen LogP contribution in [0.1, 0.15) is 42.9 Å². The molecule has 98 valence electrons. The first-order chi connectivity index (χ1) is 8.70. The van der Waals surface area contributed by atoms with Crippen molar-refractivity contribution in [2.45, 2.75) is 45.6 Å². The average molecular weight is 247 g/mol. The lowest BCUT2D eigenvalue weighted by atomic mass is 9.95. The van der Waals surface area contributed by atoms with Crippen LogP contribution in [0.4, 0.5) is 4.39 Å². The van der Waals surface area contributed by atoms with E-state index in [9.17, 15) is 4.39 Å². The van der Waals surface area contributed by atoms with E-state index in [1.54, 1.807) is 6.07 Å². The lowest BCUT2D eigenvalue weighted by molar-refractivity contribution is 0.588. The summed E-state index contributed by atoms with van der Waals surface area (Å²) in [5.74, 6) is -0.0539. The van der Waals surface area contributed by atoms with Gasteiger partial charge in [0.1, 0.15) is 5.82 Å². The zero-order valence-electron chi connectivity index (χ0n) is 11.2. The maximum Gasteiger partial charge on any atom is 0.126 e. The Bertz CT molecular complexity index is 437. The Morgan fingerprint density at radius 3 is 2.94 bits per heavy atom. The molecule has 0 atom stereocenters. The molecule has 2 heteroatoms. The number of allylic oxidation sites excluding steroid dienone is 1. The summed E-state index contributed by atoms with van der Waals surface area (Å²) in [6.45, 7) is 8.00. The van der Waals surface area contributed by atoms with E-state index in [-0.39, 0.29) is 5.82 Å². The van der Waals surface area contributed by atoms with Gasteiger partial charge in [-0.25, -0.2) is 4.39 Å². The Kier molecular flexibility index (Phi) is 4.54. The van der Waals surface area contributed by atoms with Gasteiger partial charge in [-0.1, -0.05) is 31.6 Å². The summed E-state index contributed by atoms with van der Waals surface area (Å²) < 4.78 is 14.0. The van der Waals surface area contributed by atoms with Crippen LogP contribution in [0.5, 0.6) is 0 Å². The van der Waals surface area contributed by atoms with E-state index in [4.69, 9.17) is 0 Å². The highest BCUT2D eigenvalue weighted by atomic mass is 19.1. The molecule has 1 aliphatic heterocycles. The smallest absolute Gasteiger partial charge is 0.126 e. The predicted molar refractivity (Wildman–Crippen MR) is 74.2 cm³/mol. The molecule has 18 heavy (non-hydrogen) atoms. The van der Waals surface area contributed by atoms with E-state index in [0.717, 1.165) is 56.3 Å². The molecule has 0 saturated carbocycles. The molecule has 1 heterocycles. The predicted octanol–water partition coefficient (Wildman–Crippen LogP) is 3.76. The number of fused-ring (bicyclic) bond motifs is 1.